The number of amides is 1. The van der Waals surface area contributed by atoms with Crippen molar-refractivity contribution in [2.45, 2.75) is 0 Å². The van der Waals surface area contributed by atoms with Crippen LogP contribution in [0.4, 0.5) is 10.1 Å². The van der Waals surface area contributed by atoms with Crippen LogP contribution in [0.3, 0.4) is 0 Å². The number of rotatable bonds is 4. The second kappa shape index (κ2) is 7.04. The maximum Gasteiger partial charge on any atom is 0.377 e. The predicted molar refractivity (Wildman–Crippen MR) is 89.2 cm³/mol. The molecule has 1 aromatic heterocycles. The lowest BCUT2D eigenvalue weighted by Gasteiger charge is -2.08. The van der Waals surface area contributed by atoms with E-state index in [1.807, 2.05) is 0 Å². The number of benzene rings is 1. The smallest absolute Gasteiger partial charge is 0.377 e. The number of hydrogen-bond acceptors (Lipinski definition) is 4. The fourth-order valence-electron chi connectivity index (χ4n) is 2.05. The van der Waals surface area contributed by atoms with Crippen LogP contribution < -0.4 is 5.32 Å². The Morgan fingerprint density at radius 1 is 1.40 bits per heavy atom. The highest BCUT2D eigenvalue weighted by Crippen LogP contribution is 2.32. The van der Waals surface area contributed by atoms with Crippen LogP contribution in [0.1, 0.15) is 26.4 Å². The molecule has 0 aliphatic heterocycles. The zero-order valence-corrected chi connectivity index (χ0v) is 14.8. The zero-order valence-electron chi connectivity index (χ0n) is 12.4. The molecule has 128 valence electrons. The Morgan fingerprint density at radius 2 is 2.04 bits per heavy atom. The van der Waals surface area contributed by atoms with Crippen LogP contribution in [-0.4, -0.2) is 27.3 Å². The van der Waals surface area contributed by atoms with Crippen molar-refractivity contribution >= 4 is 50.9 Å². The number of ketones is 1. The molecule has 0 spiro atoms. The number of hydrogen-bond donors (Lipinski definition) is 2. The number of halogens is 3. The van der Waals surface area contributed by atoms with E-state index in [0.717, 1.165) is 12.1 Å². The molecular weight excluding hydrogens is 421 g/mol. The molecule has 2 N–H and O–H groups in total. The van der Waals surface area contributed by atoms with Crippen molar-refractivity contribution in [2.75, 3.05) is 5.32 Å². The van der Waals surface area contributed by atoms with Crippen LogP contribution >= 0.6 is 27.5 Å². The van der Waals surface area contributed by atoms with E-state index in [9.17, 15) is 18.8 Å². The molecule has 1 heterocycles. The summed E-state index contributed by atoms with van der Waals surface area (Å²) in [7, 11) is 1.40. The summed E-state index contributed by atoms with van der Waals surface area (Å²) in [6, 6.07) is 5.01. The maximum absolute atomic E-state index is 13.3. The number of carboxylic acids is 1. The molecule has 1 amide bonds. The fraction of sp³-hybridized carbons (Fsp3) is 0.0667. The molecule has 0 saturated heterocycles. The van der Waals surface area contributed by atoms with Gasteiger partial charge in [0.05, 0.1) is 20.8 Å². The van der Waals surface area contributed by atoms with Crippen molar-refractivity contribution < 1.29 is 23.9 Å². The molecule has 1 aromatic carbocycles. The minimum atomic E-state index is -1.72. The topological polar surface area (TPSA) is 112 Å². The quantitative estimate of drug-likeness (QED) is 0.574. The number of aliphatic carboxylic acids is 1. The van der Waals surface area contributed by atoms with Crippen molar-refractivity contribution in [1.29, 1.82) is 5.26 Å². The number of nitrogens with zero attached hydrogens (tertiary/aromatic N) is 2. The summed E-state index contributed by atoms with van der Waals surface area (Å²) in [5, 5.41) is 19.7. The van der Waals surface area contributed by atoms with Gasteiger partial charge in [0.2, 0.25) is 0 Å². The molecule has 0 bridgehead atoms. The summed E-state index contributed by atoms with van der Waals surface area (Å²) >= 11 is 9.04. The third-order valence-corrected chi connectivity index (χ3v) is 4.54. The molecule has 0 unspecified atom stereocenters. The van der Waals surface area contributed by atoms with E-state index in [1.54, 1.807) is 6.07 Å². The van der Waals surface area contributed by atoms with Crippen LogP contribution in [0.15, 0.2) is 22.8 Å². The second-order valence-corrected chi connectivity index (χ2v) is 5.91. The number of Topliss-reactive ketones (excluding diaryl/α,β-unsaturated/α-hetero) is 1. The average Bonchev–Trinajstić information content (AvgIpc) is 2.78. The third-order valence-electron chi connectivity index (χ3n) is 3.24. The normalized spacial score (nSPS) is 10.2. The van der Waals surface area contributed by atoms with Crippen molar-refractivity contribution in [2.24, 2.45) is 7.05 Å². The van der Waals surface area contributed by atoms with E-state index < -0.39 is 23.5 Å². The lowest BCUT2D eigenvalue weighted by molar-refractivity contribution is -0.131. The minimum absolute atomic E-state index is 0.0203. The monoisotopic (exact) mass is 427 g/mol. The maximum atomic E-state index is 13.3. The molecule has 10 heteroatoms. The Balaban J connectivity index is 2.44. The van der Waals surface area contributed by atoms with Gasteiger partial charge in [0.25, 0.3) is 11.7 Å². The van der Waals surface area contributed by atoms with Crippen LogP contribution in [0.5, 0.6) is 0 Å². The number of carbonyl (C=O) groups is 3. The SMILES string of the molecule is Cn1c(Br)c(C(=O)C(=O)O)c(Cl)c1C(=O)Nc1ccc(F)c(C#N)c1. The van der Waals surface area contributed by atoms with E-state index in [4.69, 9.17) is 22.0 Å². The van der Waals surface area contributed by atoms with Crippen molar-refractivity contribution in [3.63, 3.8) is 0 Å². The highest BCUT2D eigenvalue weighted by atomic mass is 79.9. The molecule has 0 aliphatic rings. The first-order valence-electron chi connectivity index (χ1n) is 6.51. The Hall–Kier alpha value is -2.70. The van der Waals surface area contributed by atoms with Crippen LogP contribution in [-0.2, 0) is 11.8 Å². The third kappa shape index (κ3) is 3.40. The van der Waals surface area contributed by atoms with Gasteiger partial charge in [-0.2, -0.15) is 5.26 Å². The first-order valence-corrected chi connectivity index (χ1v) is 7.68. The first kappa shape index (κ1) is 18.6. The molecule has 0 radical (unpaired) electrons. The average molecular weight is 429 g/mol. The molecule has 2 rings (SSSR count). The van der Waals surface area contributed by atoms with E-state index in [0.29, 0.717) is 0 Å². The number of nitrogens with one attached hydrogen (secondary N) is 1. The van der Waals surface area contributed by atoms with Crippen LogP contribution in [0.25, 0.3) is 0 Å². The molecule has 25 heavy (non-hydrogen) atoms. The van der Waals surface area contributed by atoms with Gasteiger partial charge < -0.3 is 15.0 Å². The number of aromatic nitrogens is 1. The van der Waals surface area contributed by atoms with Gasteiger partial charge in [0, 0.05) is 12.7 Å². The molecule has 0 aliphatic carbocycles. The van der Waals surface area contributed by atoms with Crippen molar-refractivity contribution in [3.05, 3.63) is 50.5 Å². The van der Waals surface area contributed by atoms with Gasteiger partial charge in [0.15, 0.2) is 0 Å². The molecule has 0 fully saturated rings. The summed E-state index contributed by atoms with van der Waals surface area (Å²) in [6.45, 7) is 0. The van der Waals surface area contributed by atoms with Crippen LogP contribution in [0, 0.1) is 17.1 Å². The van der Waals surface area contributed by atoms with Gasteiger partial charge in [-0.05, 0) is 34.1 Å². The standard InChI is InChI=1S/C15H8BrClFN3O4/c1-21-11(10(17)9(13(21)16)12(22)15(24)25)14(23)20-7-2-3-8(18)6(4-7)5-19/h2-4H,1H3,(H,20,23)(H,24,25). The minimum Gasteiger partial charge on any atom is -0.475 e. The number of carboxylic acid groups (broad SMARTS) is 1. The van der Waals surface area contributed by atoms with Gasteiger partial charge in [-0.1, -0.05) is 11.6 Å². The van der Waals surface area contributed by atoms with Crippen molar-refractivity contribution in [3.8, 4) is 6.07 Å². The van der Waals surface area contributed by atoms with E-state index >= 15 is 0 Å². The van der Waals surface area contributed by atoms with Crippen molar-refractivity contribution in [1.82, 2.24) is 4.57 Å². The van der Waals surface area contributed by atoms with Gasteiger partial charge >= 0.3 is 5.97 Å². The largest absolute Gasteiger partial charge is 0.475 e. The highest BCUT2D eigenvalue weighted by Gasteiger charge is 2.30. The molecule has 0 saturated carbocycles. The van der Waals surface area contributed by atoms with Gasteiger partial charge in [-0.15, -0.1) is 0 Å². The van der Waals surface area contributed by atoms with E-state index in [-0.39, 0.29) is 32.1 Å². The number of nitriles is 1. The Morgan fingerprint density at radius 3 is 2.60 bits per heavy atom. The van der Waals surface area contributed by atoms with Crippen LogP contribution in [0.2, 0.25) is 5.02 Å². The lowest BCUT2D eigenvalue weighted by Crippen LogP contribution is -2.16. The van der Waals surface area contributed by atoms with Gasteiger partial charge in [-0.3, -0.25) is 9.59 Å². The van der Waals surface area contributed by atoms with Gasteiger partial charge in [-0.25, -0.2) is 9.18 Å². The summed E-state index contributed by atoms with van der Waals surface area (Å²) in [5.74, 6) is -4.51. The zero-order chi connectivity index (χ0) is 18.9. The summed E-state index contributed by atoms with van der Waals surface area (Å²) in [6.07, 6.45) is 0. The second-order valence-electron chi connectivity index (χ2n) is 4.78. The Bertz CT molecular complexity index is 965. The predicted octanol–water partition coefficient (Wildman–Crippen LogP) is 2.97. The Kier molecular flexibility index (Phi) is 5.25. The lowest BCUT2D eigenvalue weighted by atomic mass is 10.2. The van der Waals surface area contributed by atoms with Gasteiger partial charge in [0.1, 0.15) is 17.6 Å². The summed E-state index contributed by atoms with van der Waals surface area (Å²) in [4.78, 5) is 35.0. The summed E-state index contributed by atoms with van der Waals surface area (Å²) in [5.41, 5.74) is -0.680. The Labute approximate surface area is 153 Å². The number of anilines is 1. The molecular formula is C15H8BrClFN3O4. The molecule has 2 aromatic rings. The van der Waals surface area contributed by atoms with E-state index in [1.165, 1.54) is 17.7 Å². The summed E-state index contributed by atoms with van der Waals surface area (Å²) < 4.78 is 14.5. The fourth-order valence-corrected chi connectivity index (χ4v) is 3.11. The first-order chi connectivity index (χ1) is 11.7. The molecule has 7 nitrogen and oxygen atoms in total. The number of carbonyl (C=O) groups excluding carboxylic acids is 2. The molecule has 0 atom stereocenters. The van der Waals surface area contributed by atoms with E-state index in [2.05, 4.69) is 21.2 Å². The highest BCUT2D eigenvalue weighted by molar-refractivity contribution is 9.10.